The molecule has 4 atom stereocenters. The van der Waals surface area contributed by atoms with Gasteiger partial charge in [0.25, 0.3) is 0 Å². The fraction of sp³-hybridized carbons (Fsp3) is 1.00. The zero-order valence-electron chi connectivity index (χ0n) is 9.09. The lowest BCUT2D eigenvalue weighted by Crippen LogP contribution is -2.39. The standard InChI is InChI=1S/C11H23NO/c1-8-4-5-11(6-9(8)2)12-7-10(3)13/h8-13H,4-7H2,1-3H3/t8-,9-,10+,11+/m0/s1. The Bertz CT molecular complexity index is 147. The summed E-state index contributed by atoms with van der Waals surface area (Å²) < 4.78 is 0. The average Bonchev–Trinajstić information content (AvgIpc) is 2.07. The normalized spacial score (nSPS) is 37.4. The minimum absolute atomic E-state index is 0.213. The summed E-state index contributed by atoms with van der Waals surface area (Å²) in [7, 11) is 0. The molecule has 1 fully saturated rings. The Morgan fingerprint density at radius 1 is 1.31 bits per heavy atom. The Balaban J connectivity index is 2.21. The number of aliphatic hydroxyl groups excluding tert-OH is 1. The Morgan fingerprint density at radius 3 is 2.54 bits per heavy atom. The summed E-state index contributed by atoms with van der Waals surface area (Å²) in [5.41, 5.74) is 0. The third kappa shape index (κ3) is 3.65. The van der Waals surface area contributed by atoms with Crippen LogP contribution in [0.15, 0.2) is 0 Å². The molecule has 0 aliphatic heterocycles. The Morgan fingerprint density at radius 2 is 2.00 bits per heavy atom. The fourth-order valence-corrected chi connectivity index (χ4v) is 2.07. The Hall–Kier alpha value is -0.0800. The van der Waals surface area contributed by atoms with E-state index in [-0.39, 0.29) is 6.10 Å². The van der Waals surface area contributed by atoms with Gasteiger partial charge in [-0.1, -0.05) is 13.8 Å². The smallest absolute Gasteiger partial charge is 0.0636 e. The molecule has 0 radical (unpaired) electrons. The molecule has 1 aliphatic rings. The first-order chi connectivity index (χ1) is 6.09. The molecule has 1 saturated carbocycles. The second kappa shape index (κ2) is 4.97. The molecule has 2 N–H and O–H groups in total. The predicted octanol–water partition coefficient (Wildman–Crippen LogP) is 1.78. The van der Waals surface area contributed by atoms with Crippen molar-refractivity contribution in [3.05, 3.63) is 0 Å². The molecule has 0 spiro atoms. The molecular weight excluding hydrogens is 162 g/mol. The van der Waals surface area contributed by atoms with Crippen molar-refractivity contribution in [2.75, 3.05) is 6.54 Å². The van der Waals surface area contributed by atoms with Crippen LogP contribution in [0.3, 0.4) is 0 Å². The van der Waals surface area contributed by atoms with E-state index in [1.165, 1.54) is 19.3 Å². The highest BCUT2D eigenvalue weighted by molar-refractivity contribution is 4.79. The summed E-state index contributed by atoms with van der Waals surface area (Å²) in [5, 5.41) is 12.6. The van der Waals surface area contributed by atoms with E-state index in [2.05, 4.69) is 19.2 Å². The number of nitrogens with one attached hydrogen (secondary N) is 1. The van der Waals surface area contributed by atoms with E-state index in [0.717, 1.165) is 18.4 Å². The lowest BCUT2D eigenvalue weighted by atomic mass is 9.79. The van der Waals surface area contributed by atoms with E-state index >= 15 is 0 Å². The first kappa shape index (κ1) is 11.0. The summed E-state index contributed by atoms with van der Waals surface area (Å²) in [6.45, 7) is 7.25. The molecule has 2 heteroatoms. The van der Waals surface area contributed by atoms with Gasteiger partial charge in [-0.2, -0.15) is 0 Å². The van der Waals surface area contributed by atoms with Crippen LogP contribution in [0.25, 0.3) is 0 Å². The second-order valence-corrected chi connectivity index (χ2v) is 4.72. The van der Waals surface area contributed by atoms with Crippen molar-refractivity contribution in [1.29, 1.82) is 0 Å². The van der Waals surface area contributed by atoms with E-state index < -0.39 is 0 Å². The molecule has 0 saturated heterocycles. The van der Waals surface area contributed by atoms with Crippen molar-refractivity contribution in [2.24, 2.45) is 11.8 Å². The SMILES string of the molecule is C[C@@H](O)CN[C@@H]1CC[C@H](C)[C@@H](C)C1. The summed E-state index contributed by atoms with van der Waals surface area (Å²) in [6.07, 6.45) is 3.67. The van der Waals surface area contributed by atoms with Gasteiger partial charge in [-0.25, -0.2) is 0 Å². The molecule has 13 heavy (non-hydrogen) atoms. The van der Waals surface area contributed by atoms with Gasteiger partial charge in [-0.15, -0.1) is 0 Å². The third-order valence-electron chi connectivity index (χ3n) is 3.30. The highest BCUT2D eigenvalue weighted by Gasteiger charge is 2.23. The van der Waals surface area contributed by atoms with Gasteiger partial charge in [0, 0.05) is 12.6 Å². The van der Waals surface area contributed by atoms with Crippen molar-refractivity contribution in [2.45, 2.75) is 52.2 Å². The van der Waals surface area contributed by atoms with Crippen molar-refractivity contribution >= 4 is 0 Å². The van der Waals surface area contributed by atoms with Crippen LogP contribution in [0.1, 0.15) is 40.0 Å². The summed E-state index contributed by atoms with van der Waals surface area (Å²) in [5.74, 6) is 1.71. The van der Waals surface area contributed by atoms with Crippen LogP contribution in [-0.2, 0) is 0 Å². The Kier molecular flexibility index (Phi) is 4.20. The van der Waals surface area contributed by atoms with Crippen LogP contribution >= 0.6 is 0 Å². The van der Waals surface area contributed by atoms with Crippen molar-refractivity contribution in [3.63, 3.8) is 0 Å². The highest BCUT2D eigenvalue weighted by Crippen LogP contribution is 2.29. The summed E-state index contributed by atoms with van der Waals surface area (Å²) >= 11 is 0. The number of rotatable bonds is 3. The van der Waals surface area contributed by atoms with E-state index in [1.807, 2.05) is 6.92 Å². The van der Waals surface area contributed by atoms with Crippen LogP contribution in [0.5, 0.6) is 0 Å². The van der Waals surface area contributed by atoms with E-state index in [9.17, 15) is 0 Å². The van der Waals surface area contributed by atoms with Gasteiger partial charge in [-0.3, -0.25) is 0 Å². The molecule has 0 aromatic heterocycles. The maximum atomic E-state index is 9.14. The maximum absolute atomic E-state index is 9.14. The first-order valence-electron chi connectivity index (χ1n) is 5.51. The van der Waals surface area contributed by atoms with E-state index in [0.29, 0.717) is 6.04 Å². The molecule has 0 aromatic carbocycles. The molecule has 0 amide bonds. The van der Waals surface area contributed by atoms with Gasteiger partial charge in [0.2, 0.25) is 0 Å². The maximum Gasteiger partial charge on any atom is 0.0636 e. The quantitative estimate of drug-likeness (QED) is 0.702. The molecule has 78 valence electrons. The number of hydrogen-bond acceptors (Lipinski definition) is 2. The van der Waals surface area contributed by atoms with Crippen molar-refractivity contribution in [1.82, 2.24) is 5.32 Å². The van der Waals surface area contributed by atoms with Gasteiger partial charge >= 0.3 is 0 Å². The molecule has 1 aliphatic carbocycles. The van der Waals surface area contributed by atoms with Gasteiger partial charge in [0.05, 0.1) is 6.10 Å². The first-order valence-corrected chi connectivity index (χ1v) is 5.51. The lowest BCUT2D eigenvalue weighted by molar-refractivity contribution is 0.167. The lowest BCUT2D eigenvalue weighted by Gasteiger charge is -2.32. The van der Waals surface area contributed by atoms with Crippen LogP contribution in [0, 0.1) is 11.8 Å². The van der Waals surface area contributed by atoms with Crippen molar-refractivity contribution in [3.8, 4) is 0 Å². The monoisotopic (exact) mass is 185 g/mol. The molecule has 0 bridgehead atoms. The number of aliphatic hydroxyl groups is 1. The molecule has 1 rings (SSSR count). The zero-order valence-corrected chi connectivity index (χ0v) is 9.09. The van der Waals surface area contributed by atoms with Crippen LogP contribution in [0.4, 0.5) is 0 Å². The minimum atomic E-state index is -0.213. The summed E-state index contributed by atoms with van der Waals surface area (Å²) in [6, 6.07) is 0.640. The number of hydrogen-bond donors (Lipinski definition) is 2. The predicted molar refractivity (Wildman–Crippen MR) is 55.7 cm³/mol. The average molecular weight is 185 g/mol. The van der Waals surface area contributed by atoms with E-state index in [1.54, 1.807) is 0 Å². The van der Waals surface area contributed by atoms with Gasteiger partial charge < -0.3 is 10.4 Å². The third-order valence-corrected chi connectivity index (χ3v) is 3.30. The van der Waals surface area contributed by atoms with Crippen LogP contribution < -0.4 is 5.32 Å². The van der Waals surface area contributed by atoms with Gasteiger partial charge in [0.1, 0.15) is 0 Å². The highest BCUT2D eigenvalue weighted by atomic mass is 16.3. The largest absolute Gasteiger partial charge is 0.392 e. The van der Waals surface area contributed by atoms with Gasteiger partial charge in [0.15, 0.2) is 0 Å². The zero-order chi connectivity index (χ0) is 9.84. The molecule has 0 aromatic rings. The molecular formula is C11H23NO. The molecule has 0 heterocycles. The minimum Gasteiger partial charge on any atom is -0.392 e. The molecule has 2 nitrogen and oxygen atoms in total. The topological polar surface area (TPSA) is 32.3 Å². The van der Waals surface area contributed by atoms with E-state index in [4.69, 9.17) is 5.11 Å². The second-order valence-electron chi connectivity index (χ2n) is 4.72. The molecule has 0 unspecified atom stereocenters. The van der Waals surface area contributed by atoms with Gasteiger partial charge in [-0.05, 0) is 38.0 Å². The van der Waals surface area contributed by atoms with Crippen LogP contribution in [-0.4, -0.2) is 23.8 Å². The summed E-state index contributed by atoms with van der Waals surface area (Å²) in [4.78, 5) is 0. The van der Waals surface area contributed by atoms with Crippen LogP contribution in [0.2, 0.25) is 0 Å². The Labute approximate surface area is 81.7 Å². The fourth-order valence-electron chi connectivity index (χ4n) is 2.07. The van der Waals surface area contributed by atoms with Crippen molar-refractivity contribution < 1.29 is 5.11 Å².